The average Bonchev–Trinajstić information content (AvgIpc) is 2.34. The summed E-state index contributed by atoms with van der Waals surface area (Å²) >= 11 is 5.75. The monoisotopic (exact) mass is 244 g/mol. The van der Waals surface area contributed by atoms with Crippen LogP contribution in [0.2, 0.25) is 0 Å². The van der Waals surface area contributed by atoms with Gasteiger partial charge in [-0.1, -0.05) is 18.5 Å². The Balaban J connectivity index is 2.72. The summed E-state index contributed by atoms with van der Waals surface area (Å²) in [7, 11) is -0.233. The molecule has 0 unspecified atom stereocenters. The highest BCUT2D eigenvalue weighted by molar-refractivity contribution is 6.51. The maximum absolute atomic E-state index is 5.90. The summed E-state index contributed by atoms with van der Waals surface area (Å²) in [6.45, 7) is 10.4. The lowest BCUT2D eigenvalue weighted by Crippen LogP contribution is -2.41. The molecular weight excluding hydrogens is 222 g/mol. The van der Waals surface area contributed by atoms with Crippen molar-refractivity contribution in [3.05, 3.63) is 11.5 Å². The van der Waals surface area contributed by atoms with Gasteiger partial charge in [0.25, 0.3) is 0 Å². The van der Waals surface area contributed by atoms with Gasteiger partial charge in [-0.15, -0.1) is 11.6 Å². The Morgan fingerprint density at radius 2 is 1.69 bits per heavy atom. The van der Waals surface area contributed by atoms with Crippen molar-refractivity contribution in [3.8, 4) is 0 Å². The molecule has 0 radical (unpaired) electrons. The van der Waals surface area contributed by atoms with Crippen LogP contribution >= 0.6 is 11.6 Å². The summed E-state index contributed by atoms with van der Waals surface area (Å²) in [5.41, 5.74) is 0.788. The molecule has 0 atom stereocenters. The van der Waals surface area contributed by atoms with Crippen LogP contribution in [0.15, 0.2) is 11.5 Å². The zero-order valence-corrected chi connectivity index (χ0v) is 11.7. The maximum Gasteiger partial charge on any atom is 0.487 e. The van der Waals surface area contributed by atoms with Crippen molar-refractivity contribution in [1.82, 2.24) is 0 Å². The van der Waals surface area contributed by atoms with Gasteiger partial charge in [-0.25, -0.2) is 0 Å². The second-order valence-corrected chi connectivity index (χ2v) is 5.62. The van der Waals surface area contributed by atoms with Gasteiger partial charge in [-0.2, -0.15) is 0 Å². The molecule has 1 fully saturated rings. The van der Waals surface area contributed by atoms with Gasteiger partial charge in [0.1, 0.15) is 0 Å². The first-order valence-corrected chi connectivity index (χ1v) is 6.47. The SMILES string of the molecule is CC/C(=C/B1OC(C)(C)C(C)(C)O1)CCCl. The third-order valence-electron chi connectivity index (χ3n) is 3.51. The summed E-state index contributed by atoms with van der Waals surface area (Å²) in [4.78, 5) is 0. The second-order valence-electron chi connectivity index (χ2n) is 5.24. The van der Waals surface area contributed by atoms with E-state index in [1.165, 1.54) is 5.57 Å². The molecule has 1 aliphatic heterocycles. The van der Waals surface area contributed by atoms with E-state index in [-0.39, 0.29) is 18.3 Å². The van der Waals surface area contributed by atoms with Gasteiger partial charge in [-0.05, 0) is 40.5 Å². The summed E-state index contributed by atoms with van der Waals surface area (Å²) in [5, 5.41) is 0. The maximum atomic E-state index is 5.90. The number of allylic oxidation sites excluding steroid dienone is 1. The first-order chi connectivity index (χ1) is 7.32. The Kier molecular flexibility index (Phi) is 4.50. The average molecular weight is 245 g/mol. The standard InChI is InChI=1S/C12H22BClO2/c1-6-10(7-8-14)9-13-15-11(2,3)12(4,5)16-13/h9H,6-8H2,1-5H3/b10-9-. The third kappa shape index (κ3) is 3.02. The Hall–Kier alpha value is 0.0149. The number of halogens is 1. The minimum absolute atomic E-state index is 0.233. The molecule has 2 nitrogen and oxygen atoms in total. The predicted molar refractivity (Wildman–Crippen MR) is 69.8 cm³/mol. The van der Waals surface area contributed by atoms with Crippen LogP contribution in [0.25, 0.3) is 0 Å². The quantitative estimate of drug-likeness (QED) is 0.556. The molecule has 0 amide bonds. The lowest BCUT2D eigenvalue weighted by Gasteiger charge is -2.32. The van der Waals surface area contributed by atoms with Gasteiger partial charge in [0, 0.05) is 5.88 Å². The van der Waals surface area contributed by atoms with Crippen molar-refractivity contribution in [1.29, 1.82) is 0 Å². The summed E-state index contributed by atoms with van der Waals surface area (Å²) in [6.07, 6.45) is 1.90. The molecule has 1 aliphatic rings. The molecule has 0 aromatic carbocycles. The van der Waals surface area contributed by atoms with Crippen LogP contribution in [0.4, 0.5) is 0 Å². The Bertz CT molecular complexity index is 258. The van der Waals surface area contributed by atoms with E-state index in [1.54, 1.807) is 0 Å². The minimum Gasteiger partial charge on any atom is -0.400 e. The highest BCUT2D eigenvalue weighted by atomic mass is 35.5. The van der Waals surface area contributed by atoms with Crippen LogP contribution in [-0.2, 0) is 9.31 Å². The van der Waals surface area contributed by atoms with Crippen molar-refractivity contribution in [2.45, 2.75) is 58.7 Å². The van der Waals surface area contributed by atoms with Gasteiger partial charge in [-0.3, -0.25) is 0 Å². The predicted octanol–water partition coefficient (Wildman–Crippen LogP) is 3.58. The Labute approximate surface area is 104 Å². The van der Waals surface area contributed by atoms with Crippen LogP contribution in [0.1, 0.15) is 47.5 Å². The summed E-state index contributed by atoms with van der Waals surface area (Å²) in [5.74, 6) is 2.72. The van der Waals surface area contributed by atoms with E-state index in [1.807, 2.05) is 0 Å². The first kappa shape index (κ1) is 14.1. The van der Waals surface area contributed by atoms with Crippen LogP contribution in [0, 0.1) is 0 Å². The van der Waals surface area contributed by atoms with Crippen LogP contribution in [0.3, 0.4) is 0 Å². The molecule has 1 heterocycles. The van der Waals surface area contributed by atoms with Crippen molar-refractivity contribution in [3.63, 3.8) is 0 Å². The smallest absolute Gasteiger partial charge is 0.400 e. The minimum atomic E-state index is -0.256. The number of alkyl halides is 1. The van der Waals surface area contributed by atoms with Gasteiger partial charge in [0.2, 0.25) is 0 Å². The van der Waals surface area contributed by atoms with Crippen molar-refractivity contribution < 1.29 is 9.31 Å². The van der Waals surface area contributed by atoms with E-state index in [2.05, 4.69) is 40.6 Å². The molecule has 0 aliphatic carbocycles. The van der Waals surface area contributed by atoms with Gasteiger partial charge in [0.05, 0.1) is 11.2 Å². The largest absolute Gasteiger partial charge is 0.487 e. The van der Waals surface area contributed by atoms with Crippen molar-refractivity contribution in [2.75, 3.05) is 5.88 Å². The molecule has 0 N–H and O–H groups in total. The van der Waals surface area contributed by atoms with Gasteiger partial charge in [0.15, 0.2) is 0 Å². The van der Waals surface area contributed by atoms with Crippen LogP contribution in [0.5, 0.6) is 0 Å². The van der Waals surface area contributed by atoms with Crippen LogP contribution < -0.4 is 0 Å². The number of hydrogen-bond donors (Lipinski definition) is 0. The van der Waals surface area contributed by atoms with E-state index in [0.29, 0.717) is 5.88 Å². The molecule has 0 spiro atoms. The lowest BCUT2D eigenvalue weighted by molar-refractivity contribution is 0.00578. The molecule has 0 bridgehead atoms. The zero-order chi connectivity index (χ0) is 12.4. The number of hydrogen-bond acceptors (Lipinski definition) is 2. The Morgan fingerprint density at radius 3 is 2.06 bits per heavy atom. The first-order valence-electron chi connectivity index (χ1n) is 5.93. The molecule has 0 aromatic rings. The van der Waals surface area contributed by atoms with E-state index >= 15 is 0 Å². The highest BCUT2D eigenvalue weighted by Gasteiger charge is 2.50. The van der Waals surface area contributed by atoms with E-state index < -0.39 is 0 Å². The molecular formula is C12H22BClO2. The van der Waals surface area contributed by atoms with Crippen LogP contribution in [-0.4, -0.2) is 24.2 Å². The fraction of sp³-hybridized carbons (Fsp3) is 0.833. The van der Waals surface area contributed by atoms with Gasteiger partial charge >= 0.3 is 7.12 Å². The van der Waals surface area contributed by atoms with Crippen molar-refractivity contribution in [2.24, 2.45) is 0 Å². The zero-order valence-electron chi connectivity index (χ0n) is 11.0. The fourth-order valence-corrected chi connectivity index (χ4v) is 1.89. The number of rotatable bonds is 4. The molecule has 1 saturated heterocycles. The second kappa shape index (κ2) is 5.11. The third-order valence-corrected chi connectivity index (χ3v) is 3.70. The summed E-state index contributed by atoms with van der Waals surface area (Å²) in [6, 6.07) is 0. The van der Waals surface area contributed by atoms with E-state index in [4.69, 9.17) is 20.9 Å². The van der Waals surface area contributed by atoms with Gasteiger partial charge < -0.3 is 9.31 Å². The molecule has 4 heteroatoms. The molecule has 0 aromatic heterocycles. The summed E-state index contributed by atoms with van der Waals surface area (Å²) < 4.78 is 11.8. The highest BCUT2D eigenvalue weighted by Crippen LogP contribution is 2.37. The fourth-order valence-electron chi connectivity index (χ4n) is 1.65. The van der Waals surface area contributed by atoms with E-state index in [0.717, 1.165) is 12.8 Å². The molecule has 16 heavy (non-hydrogen) atoms. The molecule has 92 valence electrons. The topological polar surface area (TPSA) is 18.5 Å². The molecule has 1 rings (SSSR count). The lowest BCUT2D eigenvalue weighted by atomic mass is 9.85. The van der Waals surface area contributed by atoms with Crippen molar-refractivity contribution >= 4 is 18.7 Å². The molecule has 0 saturated carbocycles. The Morgan fingerprint density at radius 1 is 1.19 bits per heavy atom. The normalized spacial score (nSPS) is 23.9. The van der Waals surface area contributed by atoms with E-state index in [9.17, 15) is 0 Å².